The third-order valence-corrected chi connectivity index (χ3v) is 4.97. The van der Waals surface area contributed by atoms with E-state index in [0.29, 0.717) is 10.9 Å². The SMILES string of the molecule is Cc1cc(=O)[nH]c(SC(C)C(=O)NC(C)c2cnn(-c3ccccc3)c2)n1. The van der Waals surface area contributed by atoms with E-state index in [0.717, 1.165) is 11.3 Å². The summed E-state index contributed by atoms with van der Waals surface area (Å²) in [4.78, 5) is 30.9. The van der Waals surface area contributed by atoms with Gasteiger partial charge in [0.15, 0.2) is 5.16 Å². The highest BCUT2D eigenvalue weighted by atomic mass is 32.2. The third-order valence-electron chi connectivity index (χ3n) is 3.99. The number of hydrogen-bond donors (Lipinski definition) is 2. The number of thioether (sulfide) groups is 1. The van der Waals surface area contributed by atoms with E-state index >= 15 is 0 Å². The van der Waals surface area contributed by atoms with Crippen LogP contribution >= 0.6 is 11.8 Å². The molecule has 1 aromatic carbocycles. The summed E-state index contributed by atoms with van der Waals surface area (Å²) in [5, 5.41) is 7.37. The normalized spacial score (nSPS) is 13.1. The van der Waals surface area contributed by atoms with Crippen LogP contribution in [0.25, 0.3) is 5.69 Å². The number of aromatic nitrogens is 4. The molecule has 0 aliphatic rings. The van der Waals surface area contributed by atoms with E-state index in [1.807, 2.05) is 43.5 Å². The van der Waals surface area contributed by atoms with Crippen LogP contribution in [0.5, 0.6) is 0 Å². The van der Waals surface area contributed by atoms with Gasteiger partial charge >= 0.3 is 0 Å². The third kappa shape index (κ3) is 4.85. The van der Waals surface area contributed by atoms with Gasteiger partial charge in [-0.3, -0.25) is 9.59 Å². The van der Waals surface area contributed by atoms with Crippen molar-refractivity contribution < 1.29 is 4.79 Å². The molecule has 0 radical (unpaired) electrons. The fourth-order valence-electron chi connectivity index (χ4n) is 2.52. The fourth-order valence-corrected chi connectivity index (χ4v) is 3.39. The zero-order valence-corrected chi connectivity index (χ0v) is 16.2. The van der Waals surface area contributed by atoms with Gasteiger partial charge in [-0.15, -0.1) is 0 Å². The summed E-state index contributed by atoms with van der Waals surface area (Å²) in [6.45, 7) is 5.44. The first-order valence-electron chi connectivity index (χ1n) is 8.57. The molecule has 3 rings (SSSR count). The molecule has 0 aliphatic carbocycles. The van der Waals surface area contributed by atoms with Crippen molar-refractivity contribution in [1.82, 2.24) is 25.1 Å². The summed E-state index contributed by atoms with van der Waals surface area (Å²) in [6.07, 6.45) is 3.65. The van der Waals surface area contributed by atoms with Crippen molar-refractivity contribution in [2.24, 2.45) is 0 Å². The van der Waals surface area contributed by atoms with E-state index in [2.05, 4.69) is 20.4 Å². The maximum absolute atomic E-state index is 12.5. The fraction of sp³-hybridized carbons (Fsp3) is 0.263. The van der Waals surface area contributed by atoms with E-state index < -0.39 is 5.25 Å². The molecule has 0 fully saturated rings. The van der Waals surface area contributed by atoms with Gasteiger partial charge in [-0.2, -0.15) is 5.10 Å². The minimum absolute atomic E-state index is 0.135. The number of benzene rings is 1. The molecule has 1 amide bonds. The van der Waals surface area contributed by atoms with Crippen molar-refractivity contribution in [3.8, 4) is 5.69 Å². The number of para-hydroxylation sites is 1. The molecule has 0 aliphatic heterocycles. The molecule has 7 nitrogen and oxygen atoms in total. The Morgan fingerprint density at radius 3 is 2.70 bits per heavy atom. The highest BCUT2D eigenvalue weighted by Gasteiger charge is 2.19. The van der Waals surface area contributed by atoms with Gasteiger partial charge < -0.3 is 10.3 Å². The molecule has 0 saturated heterocycles. The van der Waals surface area contributed by atoms with Gasteiger partial charge in [-0.25, -0.2) is 9.67 Å². The molecule has 3 aromatic rings. The van der Waals surface area contributed by atoms with Crippen molar-refractivity contribution in [2.45, 2.75) is 37.2 Å². The number of rotatable bonds is 6. The van der Waals surface area contributed by atoms with Crippen molar-refractivity contribution in [3.63, 3.8) is 0 Å². The van der Waals surface area contributed by atoms with Crippen LogP contribution in [-0.4, -0.2) is 30.9 Å². The number of hydrogen-bond acceptors (Lipinski definition) is 5. The molecule has 0 saturated carbocycles. The molecule has 8 heteroatoms. The maximum Gasteiger partial charge on any atom is 0.251 e. The van der Waals surface area contributed by atoms with Gasteiger partial charge in [-0.05, 0) is 32.9 Å². The Morgan fingerprint density at radius 2 is 2.00 bits per heavy atom. The van der Waals surface area contributed by atoms with Gasteiger partial charge in [0.05, 0.1) is 23.2 Å². The number of amides is 1. The topological polar surface area (TPSA) is 92.7 Å². The van der Waals surface area contributed by atoms with Crippen LogP contribution in [-0.2, 0) is 4.79 Å². The minimum atomic E-state index is -0.401. The largest absolute Gasteiger partial charge is 0.348 e. The monoisotopic (exact) mass is 383 g/mol. The summed E-state index contributed by atoms with van der Waals surface area (Å²) >= 11 is 1.22. The molecule has 140 valence electrons. The van der Waals surface area contributed by atoms with Gasteiger partial charge in [0.25, 0.3) is 5.56 Å². The second-order valence-electron chi connectivity index (χ2n) is 6.24. The van der Waals surface area contributed by atoms with E-state index in [4.69, 9.17) is 0 Å². The number of nitrogens with zero attached hydrogens (tertiary/aromatic N) is 3. The van der Waals surface area contributed by atoms with Crippen molar-refractivity contribution >= 4 is 17.7 Å². The molecule has 2 aromatic heterocycles. The number of H-pyrrole nitrogens is 1. The first-order valence-corrected chi connectivity index (χ1v) is 9.45. The van der Waals surface area contributed by atoms with Gasteiger partial charge in [0.1, 0.15) is 0 Å². The molecule has 2 N–H and O–H groups in total. The molecular formula is C19H21N5O2S. The molecule has 27 heavy (non-hydrogen) atoms. The second kappa shape index (κ2) is 8.22. The van der Waals surface area contributed by atoms with Crippen LogP contribution in [0.1, 0.15) is 31.1 Å². The average Bonchev–Trinajstić information content (AvgIpc) is 3.11. The first kappa shape index (κ1) is 18.9. The van der Waals surface area contributed by atoms with Crippen molar-refractivity contribution in [1.29, 1.82) is 0 Å². The number of aromatic amines is 1. The van der Waals surface area contributed by atoms with Gasteiger partial charge in [0.2, 0.25) is 5.91 Å². The first-order chi connectivity index (χ1) is 12.9. The molecule has 0 bridgehead atoms. The van der Waals surface area contributed by atoms with Crippen LogP contribution in [0.3, 0.4) is 0 Å². The average molecular weight is 383 g/mol. The highest BCUT2D eigenvalue weighted by Crippen LogP contribution is 2.20. The Morgan fingerprint density at radius 1 is 1.26 bits per heavy atom. The predicted molar refractivity (Wildman–Crippen MR) is 105 cm³/mol. The van der Waals surface area contributed by atoms with Crippen LogP contribution in [0.4, 0.5) is 0 Å². The van der Waals surface area contributed by atoms with Gasteiger partial charge in [-0.1, -0.05) is 30.0 Å². The van der Waals surface area contributed by atoms with Crippen LogP contribution in [0, 0.1) is 6.92 Å². The summed E-state index contributed by atoms with van der Waals surface area (Å²) < 4.78 is 1.78. The molecule has 2 atom stereocenters. The van der Waals surface area contributed by atoms with E-state index in [1.54, 1.807) is 24.7 Å². The molecule has 0 spiro atoms. The van der Waals surface area contributed by atoms with E-state index in [1.165, 1.54) is 17.8 Å². The Kier molecular flexibility index (Phi) is 5.75. The molecule has 2 unspecified atom stereocenters. The summed E-state index contributed by atoms with van der Waals surface area (Å²) in [6, 6.07) is 11.0. The zero-order valence-electron chi connectivity index (χ0n) is 15.3. The van der Waals surface area contributed by atoms with E-state index in [-0.39, 0.29) is 17.5 Å². The second-order valence-corrected chi connectivity index (χ2v) is 7.57. The maximum atomic E-state index is 12.5. The predicted octanol–water partition coefficient (Wildman–Crippen LogP) is 2.62. The zero-order chi connectivity index (χ0) is 19.4. The number of carbonyl (C=O) groups excluding carboxylic acids is 1. The lowest BCUT2D eigenvalue weighted by atomic mass is 10.2. The number of aryl methyl sites for hydroxylation is 1. The Bertz CT molecular complexity index is 983. The standard InChI is InChI=1S/C19H21N5O2S/c1-12-9-17(25)23-19(21-12)27-14(3)18(26)22-13(2)15-10-20-24(11-15)16-7-5-4-6-8-16/h4-11,13-14H,1-3H3,(H,22,26)(H,21,23,25). The summed E-state index contributed by atoms with van der Waals surface area (Å²) in [5.41, 5.74) is 2.27. The lowest BCUT2D eigenvalue weighted by Gasteiger charge is -2.16. The quantitative estimate of drug-likeness (QED) is 0.504. The van der Waals surface area contributed by atoms with Crippen LogP contribution in [0.15, 0.2) is 58.7 Å². The summed E-state index contributed by atoms with van der Waals surface area (Å²) in [7, 11) is 0. The van der Waals surface area contributed by atoms with Gasteiger partial charge in [0, 0.05) is 23.5 Å². The lowest BCUT2D eigenvalue weighted by molar-refractivity contribution is -0.120. The van der Waals surface area contributed by atoms with Crippen LogP contribution in [0.2, 0.25) is 0 Å². The lowest BCUT2D eigenvalue weighted by Crippen LogP contribution is -2.33. The summed E-state index contributed by atoms with van der Waals surface area (Å²) in [5.74, 6) is -0.135. The van der Waals surface area contributed by atoms with E-state index in [9.17, 15) is 9.59 Å². The Balaban J connectivity index is 1.63. The number of nitrogens with one attached hydrogen (secondary N) is 2. The smallest absolute Gasteiger partial charge is 0.251 e. The Labute approximate surface area is 161 Å². The minimum Gasteiger partial charge on any atom is -0.348 e. The number of carbonyl (C=O) groups is 1. The van der Waals surface area contributed by atoms with Crippen molar-refractivity contribution in [2.75, 3.05) is 0 Å². The molecule has 2 heterocycles. The van der Waals surface area contributed by atoms with Crippen LogP contribution < -0.4 is 10.9 Å². The highest BCUT2D eigenvalue weighted by molar-refractivity contribution is 8.00. The molecular weight excluding hydrogens is 362 g/mol. The Hall–Kier alpha value is -2.87. The van der Waals surface area contributed by atoms with Crippen molar-refractivity contribution in [3.05, 3.63) is 70.4 Å².